The van der Waals surface area contributed by atoms with Crippen LogP contribution in [-0.2, 0) is 12.8 Å². The van der Waals surface area contributed by atoms with Crippen LogP contribution in [0, 0.1) is 12.8 Å². The number of benzene rings is 1. The zero-order chi connectivity index (χ0) is 11.1. The standard InChI is InChI=1S/C14H21N/c1-10-4-5-11-6-7-13(14(2,3)15)9-12(11)8-10/h4-5,8,13H,6-7,9,15H2,1-3H3. The summed E-state index contributed by atoms with van der Waals surface area (Å²) in [5.74, 6) is 0.631. The third kappa shape index (κ3) is 2.23. The summed E-state index contributed by atoms with van der Waals surface area (Å²) in [5, 5.41) is 0. The number of nitrogens with two attached hydrogens (primary N) is 1. The molecule has 0 bridgehead atoms. The van der Waals surface area contributed by atoms with Crippen molar-refractivity contribution >= 4 is 0 Å². The minimum atomic E-state index is -0.0402. The maximum absolute atomic E-state index is 6.21. The molecule has 0 aromatic heterocycles. The van der Waals surface area contributed by atoms with E-state index in [-0.39, 0.29) is 5.54 Å². The van der Waals surface area contributed by atoms with Gasteiger partial charge in [-0.1, -0.05) is 23.8 Å². The van der Waals surface area contributed by atoms with Crippen molar-refractivity contribution in [2.24, 2.45) is 11.7 Å². The van der Waals surface area contributed by atoms with Gasteiger partial charge in [0.2, 0.25) is 0 Å². The van der Waals surface area contributed by atoms with Crippen molar-refractivity contribution in [3.8, 4) is 0 Å². The van der Waals surface area contributed by atoms with Crippen LogP contribution in [0.1, 0.15) is 37.0 Å². The van der Waals surface area contributed by atoms with E-state index in [0.717, 1.165) is 6.42 Å². The minimum Gasteiger partial charge on any atom is -0.325 e. The normalized spacial score (nSPS) is 21.2. The van der Waals surface area contributed by atoms with Crippen molar-refractivity contribution in [1.82, 2.24) is 0 Å². The molecule has 1 aromatic rings. The first-order valence-electron chi connectivity index (χ1n) is 5.84. The maximum Gasteiger partial charge on any atom is 0.0129 e. The van der Waals surface area contributed by atoms with Gasteiger partial charge < -0.3 is 5.73 Å². The molecule has 1 aromatic carbocycles. The zero-order valence-corrected chi connectivity index (χ0v) is 10.0. The van der Waals surface area contributed by atoms with Gasteiger partial charge in [0.1, 0.15) is 0 Å². The molecule has 1 atom stereocenters. The van der Waals surface area contributed by atoms with Crippen molar-refractivity contribution in [1.29, 1.82) is 0 Å². The van der Waals surface area contributed by atoms with Gasteiger partial charge >= 0.3 is 0 Å². The van der Waals surface area contributed by atoms with Gasteiger partial charge in [0.25, 0.3) is 0 Å². The van der Waals surface area contributed by atoms with Gasteiger partial charge in [-0.25, -0.2) is 0 Å². The van der Waals surface area contributed by atoms with E-state index in [1.165, 1.54) is 29.5 Å². The lowest BCUT2D eigenvalue weighted by Crippen LogP contribution is -2.43. The van der Waals surface area contributed by atoms with Gasteiger partial charge in [0.15, 0.2) is 0 Å². The molecule has 0 fully saturated rings. The Kier molecular flexibility index (Phi) is 2.59. The first-order chi connectivity index (χ1) is 6.97. The van der Waals surface area contributed by atoms with Crippen LogP contribution in [0.4, 0.5) is 0 Å². The molecule has 0 saturated carbocycles. The summed E-state index contributed by atoms with van der Waals surface area (Å²) >= 11 is 0. The Labute approximate surface area is 92.7 Å². The van der Waals surface area contributed by atoms with Crippen LogP contribution in [0.25, 0.3) is 0 Å². The van der Waals surface area contributed by atoms with E-state index in [1.807, 2.05) is 0 Å². The third-order valence-electron chi connectivity index (χ3n) is 3.64. The van der Waals surface area contributed by atoms with Crippen molar-refractivity contribution in [3.63, 3.8) is 0 Å². The molecule has 82 valence electrons. The summed E-state index contributed by atoms with van der Waals surface area (Å²) in [4.78, 5) is 0. The monoisotopic (exact) mass is 203 g/mol. The summed E-state index contributed by atoms with van der Waals surface area (Å²) in [7, 11) is 0. The molecule has 0 aliphatic heterocycles. The highest BCUT2D eigenvalue weighted by atomic mass is 14.7. The summed E-state index contributed by atoms with van der Waals surface area (Å²) in [6, 6.07) is 6.82. The van der Waals surface area contributed by atoms with E-state index in [4.69, 9.17) is 5.73 Å². The summed E-state index contributed by atoms with van der Waals surface area (Å²) in [6.07, 6.45) is 3.58. The fraction of sp³-hybridized carbons (Fsp3) is 0.571. The van der Waals surface area contributed by atoms with Crippen LogP contribution in [0.3, 0.4) is 0 Å². The number of hydrogen-bond acceptors (Lipinski definition) is 1. The Morgan fingerprint density at radius 3 is 2.67 bits per heavy atom. The molecule has 1 nitrogen and oxygen atoms in total. The van der Waals surface area contributed by atoms with E-state index in [0.29, 0.717) is 5.92 Å². The van der Waals surface area contributed by atoms with E-state index in [9.17, 15) is 0 Å². The van der Waals surface area contributed by atoms with Gasteiger partial charge in [-0.05, 0) is 57.1 Å². The quantitative estimate of drug-likeness (QED) is 0.746. The Hall–Kier alpha value is -0.820. The largest absolute Gasteiger partial charge is 0.325 e. The Morgan fingerprint density at radius 1 is 1.27 bits per heavy atom. The molecule has 1 aliphatic carbocycles. The number of hydrogen-bond donors (Lipinski definition) is 1. The van der Waals surface area contributed by atoms with Crippen LogP contribution >= 0.6 is 0 Å². The molecular formula is C14H21N. The maximum atomic E-state index is 6.21. The third-order valence-corrected chi connectivity index (χ3v) is 3.64. The second kappa shape index (κ2) is 3.64. The lowest BCUT2D eigenvalue weighted by molar-refractivity contribution is 0.288. The molecule has 15 heavy (non-hydrogen) atoms. The molecule has 0 heterocycles. The molecule has 0 saturated heterocycles. The topological polar surface area (TPSA) is 26.0 Å². The molecule has 1 aliphatic rings. The van der Waals surface area contributed by atoms with Gasteiger partial charge in [0.05, 0.1) is 0 Å². The summed E-state index contributed by atoms with van der Waals surface area (Å²) in [5.41, 5.74) is 10.6. The second-order valence-corrected chi connectivity index (χ2v) is 5.53. The summed E-state index contributed by atoms with van der Waals surface area (Å²) in [6.45, 7) is 6.47. The Balaban J connectivity index is 2.26. The van der Waals surface area contributed by atoms with Crippen LogP contribution in [0.5, 0.6) is 0 Å². The number of rotatable bonds is 1. The molecule has 2 rings (SSSR count). The van der Waals surface area contributed by atoms with Crippen molar-refractivity contribution in [2.45, 2.75) is 45.6 Å². The number of fused-ring (bicyclic) bond motifs is 1. The molecule has 0 radical (unpaired) electrons. The second-order valence-electron chi connectivity index (χ2n) is 5.53. The average Bonchev–Trinajstić information content (AvgIpc) is 2.15. The van der Waals surface area contributed by atoms with Crippen LogP contribution in [0.2, 0.25) is 0 Å². The van der Waals surface area contributed by atoms with Gasteiger partial charge in [-0.3, -0.25) is 0 Å². The molecular weight excluding hydrogens is 182 g/mol. The Morgan fingerprint density at radius 2 is 2.00 bits per heavy atom. The van der Waals surface area contributed by atoms with Crippen LogP contribution < -0.4 is 5.73 Å². The van der Waals surface area contributed by atoms with E-state index in [1.54, 1.807) is 0 Å². The van der Waals surface area contributed by atoms with Crippen LogP contribution in [0.15, 0.2) is 18.2 Å². The molecule has 0 amide bonds. The Bertz CT molecular complexity index is 360. The molecule has 1 heteroatoms. The molecule has 2 N–H and O–H groups in total. The predicted octanol–water partition coefficient (Wildman–Crippen LogP) is 2.84. The molecule has 0 spiro atoms. The highest BCUT2D eigenvalue weighted by Gasteiger charge is 2.28. The lowest BCUT2D eigenvalue weighted by atomic mass is 9.74. The van der Waals surface area contributed by atoms with Crippen molar-refractivity contribution < 1.29 is 0 Å². The van der Waals surface area contributed by atoms with Crippen molar-refractivity contribution in [3.05, 3.63) is 34.9 Å². The highest BCUT2D eigenvalue weighted by Crippen LogP contribution is 2.31. The zero-order valence-electron chi connectivity index (χ0n) is 10.0. The fourth-order valence-electron chi connectivity index (χ4n) is 2.52. The van der Waals surface area contributed by atoms with Crippen LogP contribution in [-0.4, -0.2) is 5.54 Å². The number of aryl methyl sites for hydroxylation is 2. The summed E-state index contributed by atoms with van der Waals surface area (Å²) < 4.78 is 0. The van der Waals surface area contributed by atoms with Gasteiger partial charge in [-0.15, -0.1) is 0 Å². The smallest absolute Gasteiger partial charge is 0.0129 e. The van der Waals surface area contributed by atoms with Gasteiger partial charge in [0, 0.05) is 5.54 Å². The lowest BCUT2D eigenvalue weighted by Gasteiger charge is -2.34. The molecule has 1 unspecified atom stereocenters. The average molecular weight is 203 g/mol. The van der Waals surface area contributed by atoms with E-state index >= 15 is 0 Å². The van der Waals surface area contributed by atoms with Gasteiger partial charge in [-0.2, -0.15) is 0 Å². The van der Waals surface area contributed by atoms with E-state index in [2.05, 4.69) is 39.0 Å². The highest BCUT2D eigenvalue weighted by molar-refractivity contribution is 5.34. The first-order valence-corrected chi connectivity index (χ1v) is 5.84. The first kappa shape index (κ1) is 10.7. The van der Waals surface area contributed by atoms with Crippen molar-refractivity contribution in [2.75, 3.05) is 0 Å². The van der Waals surface area contributed by atoms with E-state index < -0.39 is 0 Å². The predicted molar refractivity (Wildman–Crippen MR) is 65.0 cm³/mol. The minimum absolute atomic E-state index is 0.0402. The SMILES string of the molecule is Cc1ccc2c(c1)CC(C(C)(C)N)CC2. The fourth-order valence-corrected chi connectivity index (χ4v) is 2.52.